The van der Waals surface area contributed by atoms with Crippen LogP contribution in [0.2, 0.25) is 15.1 Å². The van der Waals surface area contributed by atoms with E-state index in [1.807, 2.05) is 0 Å². The molecule has 0 saturated carbocycles. The summed E-state index contributed by atoms with van der Waals surface area (Å²) in [5.74, 6) is -1.35. The Balaban J connectivity index is 1.37. The number of aryl methyl sites for hydroxylation is 1. The molecule has 2 aliphatic rings. The number of aromatic nitrogens is 2. The first-order valence-electron chi connectivity index (χ1n) is 12.8. The van der Waals surface area contributed by atoms with Gasteiger partial charge in [-0.3, -0.25) is 4.79 Å². The van der Waals surface area contributed by atoms with Crippen molar-refractivity contribution in [2.24, 2.45) is 13.0 Å². The number of amides is 1. The van der Waals surface area contributed by atoms with Crippen LogP contribution in [0.3, 0.4) is 0 Å². The van der Waals surface area contributed by atoms with Crippen LogP contribution in [0.5, 0.6) is 0 Å². The Morgan fingerprint density at radius 2 is 1.98 bits per heavy atom. The Bertz CT molecular complexity index is 1430. The molecule has 7 nitrogen and oxygen atoms in total. The number of anilines is 3. The number of halogens is 7. The summed E-state index contributed by atoms with van der Waals surface area (Å²) in [7, 11) is 1.75. The van der Waals surface area contributed by atoms with Crippen molar-refractivity contribution in [3.63, 3.8) is 0 Å². The molecule has 2 saturated heterocycles. The molecule has 0 aliphatic carbocycles. The molecule has 2 unspecified atom stereocenters. The van der Waals surface area contributed by atoms with Crippen molar-refractivity contribution in [1.29, 1.82) is 0 Å². The van der Waals surface area contributed by atoms with E-state index < -0.39 is 24.3 Å². The number of nitrogens with one attached hydrogen (secondary N) is 3. The van der Waals surface area contributed by atoms with Gasteiger partial charge in [0.05, 0.1) is 49.4 Å². The van der Waals surface area contributed by atoms with Crippen LogP contribution in [-0.4, -0.2) is 53.5 Å². The lowest BCUT2D eigenvalue weighted by Crippen LogP contribution is -2.41. The first-order valence-corrected chi connectivity index (χ1v) is 13.9. The summed E-state index contributed by atoms with van der Waals surface area (Å²) in [6.07, 6.45) is -4.69. The number of imidazole rings is 1. The molecule has 3 atom stereocenters. The van der Waals surface area contributed by atoms with Crippen molar-refractivity contribution in [2.75, 3.05) is 29.9 Å². The fourth-order valence-electron chi connectivity index (χ4n) is 5.18. The lowest BCUT2D eigenvalue weighted by Gasteiger charge is -2.35. The Morgan fingerprint density at radius 1 is 1.20 bits per heavy atom. The normalized spacial score (nSPS) is 21.7. The molecule has 2 aliphatic heterocycles. The molecule has 14 heteroatoms. The maximum Gasteiger partial charge on any atom is 0.393 e. The third-order valence-corrected chi connectivity index (χ3v) is 8.48. The summed E-state index contributed by atoms with van der Waals surface area (Å²) in [6.45, 7) is 0.567. The van der Waals surface area contributed by atoms with Crippen LogP contribution in [0.25, 0.3) is 11.0 Å². The number of alkyl halides is 4. The minimum absolute atomic E-state index is 0.0967. The first kappa shape index (κ1) is 29.0. The van der Waals surface area contributed by atoms with Gasteiger partial charge < -0.3 is 25.4 Å². The number of carbonyl (C=O) groups excluding carboxylic acids is 1. The summed E-state index contributed by atoms with van der Waals surface area (Å²) in [5.41, 5.74) is 2.66. The van der Waals surface area contributed by atoms with E-state index in [0.29, 0.717) is 56.9 Å². The predicted molar refractivity (Wildman–Crippen MR) is 150 cm³/mol. The van der Waals surface area contributed by atoms with E-state index in [9.17, 15) is 22.4 Å². The van der Waals surface area contributed by atoms with Crippen molar-refractivity contribution >= 4 is 69.1 Å². The monoisotopic (exact) mass is 620 g/mol. The second kappa shape index (κ2) is 11.4. The zero-order valence-corrected chi connectivity index (χ0v) is 23.7. The highest BCUT2D eigenvalue weighted by molar-refractivity contribution is 6.39. The highest BCUT2D eigenvalue weighted by Crippen LogP contribution is 2.40. The van der Waals surface area contributed by atoms with Crippen LogP contribution in [0.4, 0.5) is 34.9 Å². The fraction of sp³-hybridized carbons (Fsp3) is 0.462. The minimum Gasteiger partial charge on any atom is -0.370 e. The maximum absolute atomic E-state index is 13.4. The number of nitrogens with zero attached hydrogens (tertiary/aromatic N) is 3. The molecule has 2 fully saturated rings. The van der Waals surface area contributed by atoms with Crippen LogP contribution in [-0.2, 0) is 18.4 Å². The largest absolute Gasteiger partial charge is 0.393 e. The van der Waals surface area contributed by atoms with E-state index in [-0.39, 0.29) is 43.4 Å². The number of piperidine rings is 1. The van der Waals surface area contributed by atoms with Gasteiger partial charge in [0, 0.05) is 39.6 Å². The smallest absolute Gasteiger partial charge is 0.370 e. The quantitative estimate of drug-likeness (QED) is 0.279. The molecule has 2 aromatic carbocycles. The Kier molecular flexibility index (Phi) is 8.29. The van der Waals surface area contributed by atoms with E-state index in [0.717, 1.165) is 0 Å². The molecule has 1 aromatic heterocycles. The van der Waals surface area contributed by atoms with E-state index in [1.54, 1.807) is 40.8 Å². The van der Waals surface area contributed by atoms with Gasteiger partial charge in [-0.15, -0.1) is 0 Å². The summed E-state index contributed by atoms with van der Waals surface area (Å²) < 4.78 is 55.3. The highest BCUT2D eigenvalue weighted by Gasteiger charge is 2.42. The van der Waals surface area contributed by atoms with Crippen molar-refractivity contribution in [3.8, 4) is 0 Å². The topological polar surface area (TPSA) is 74.2 Å². The lowest BCUT2D eigenvalue weighted by molar-refractivity contribution is -0.176. The van der Waals surface area contributed by atoms with E-state index in [2.05, 4.69) is 20.9 Å². The Labute approximate surface area is 243 Å². The standard InChI is InChI=1S/C26H27Cl3F4N6O/c1-38-21-9-20(39-6-2-3-14(12-39)26(31,32)33)17(28)8-18(21)36-25(38)37-23-16(27)5-4-13(22(23)29)10-35-24(40)19-7-15(30)11-34-19/h4-5,8-9,14-15,19,34H,2-3,6-7,10-12H2,1H3,(H,35,40)(H,36,37)/t14?,15-,19?/m1/s1. The number of hydrogen-bond acceptors (Lipinski definition) is 5. The molecule has 3 N–H and O–H groups in total. The molecule has 3 heterocycles. The molecule has 0 spiro atoms. The van der Waals surface area contributed by atoms with Gasteiger partial charge in [-0.25, -0.2) is 9.37 Å². The molecular formula is C26H27Cl3F4N6O. The number of hydrogen-bond donors (Lipinski definition) is 3. The summed E-state index contributed by atoms with van der Waals surface area (Å²) in [6, 6.07) is 6.09. The van der Waals surface area contributed by atoms with Crippen LogP contribution >= 0.6 is 34.8 Å². The SMILES string of the molecule is Cn1c(Nc2c(Cl)ccc(CNC(=O)C3C[C@@H](F)CN3)c2Cl)nc2cc(Cl)c(N3CCCC(C(F)(F)F)C3)cc21. The summed E-state index contributed by atoms with van der Waals surface area (Å²) in [4.78, 5) is 18.7. The zero-order valence-electron chi connectivity index (χ0n) is 21.4. The molecule has 5 rings (SSSR count). The molecule has 0 radical (unpaired) electrons. The van der Waals surface area contributed by atoms with Crippen LogP contribution in [0.1, 0.15) is 24.8 Å². The van der Waals surface area contributed by atoms with Crippen LogP contribution < -0.4 is 20.9 Å². The van der Waals surface area contributed by atoms with Crippen molar-refractivity contribution < 1.29 is 22.4 Å². The van der Waals surface area contributed by atoms with E-state index >= 15 is 0 Å². The third-order valence-electron chi connectivity index (χ3n) is 7.43. The lowest BCUT2D eigenvalue weighted by atomic mass is 9.97. The molecule has 216 valence electrons. The summed E-state index contributed by atoms with van der Waals surface area (Å²) in [5, 5.41) is 9.64. The van der Waals surface area contributed by atoms with Gasteiger partial charge in [0.2, 0.25) is 11.9 Å². The number of rotatable bonds is 6. The zero-order chi connectivity index (χ0) is 28.8. The van der Waals surface area contributed by atoms with Gasteiger partial charge in [-0.05, 0) is 36.6 Å². The number of fused-ring (bicyclic) bond motifs is 1. The highest BCUT2D eigenvalue weighted by atomic mass is 35.5. The number of carbonyl (C=O) groups is 1. The maximum atomic E-state index is 13.4. The first-order chi connectivity index (χ1) is 18.9. The second-order valence-corrected chi connectivity index (χ2v) is 11.3. The van der Waals surface area contributed by atoms with Crippen molar-refractivity contribution in [2.45, 2.75) is 44.2 Å². The van der Waals surface area contributed by atoms with Crippen LogP contribution in [0.15, 0.2) is 24.3 Å². The Morgan fingerprint density at radius 3 is 2.67 bits per heavy atom. The molecule has 0 bridgehead atoms. The minimum atomic E-state index is -4.26. The molecular weight excluding hydrogens is 595 g/mol. The van der Waals surface area contributed by atoms with Crippen LogP contribution in [0, 0.1) is 5.92 Å². The van der Waals surface area contributed by atoms with Gasteiger partial charge in [0.25, 0.3) is 0 Å². The van der Waals surface area contributed by atoms with Gasteiger partial charge in [-0.1, -0.05) is 40.9 Å². The van der Waals surface area contributed by atoms with Gasteiger partial charge >= 0.3 is 6.18 Å². The van der Waals surface area contributed by atoms with Crippen molar-refractivity contribution in [3.05, 3.63) is 44.9 Å². The van der Waals surface area contributed by atoms with E-state index in [4.69, 9.17) is 34.8 Å². The molecule has 1 amide bonds. The average molecular weight is 622 g/mol. The number of benzene rings is 2. The molecule has 3 aromatic rings. The van der Waals surface area contributed by atoms with Crippen molar-refractivity contribution in [1.82, 2.24) is 20.2 Å². The van der Waals surface area contributed by atoms with Gasteiger partial charge in [0.15, 0.2) is 0 Å². The van der Waals surface area contributed by atoms with Gasteiger partial charge in [-0.2, -0.15) is 13.2 Å². The molecule has 40 heavy (non-hydrogen) atoms. The Hall–Kier alpha value is -2.47. The van der Waals surface area contributed by atoms with Gasteiger partial charge in [0.1, 0.15) is 6.17 Å². The summed E-state index contributed by atoms with van der Waals surface area (Å²) >= 11 is 19.6. The van der Waals surface area contributed by atoms with E-state index in [1.165, 1.54) is 0 Å². The average Bonchev–Trinajstić information content (AvgIpc) is 3.47. The fourth-order valence-corrected chi connectivity index (χ4v) is 5.98. The predicted octanol–water partition coefficient (Wildman–Crippen LogP) is 6.37. The second-order valence-electron chi connectivity index (χ2n) is 10.1. The third kappa shape index (κ3) is 5.93.